The Bertz CT molecular complexity index is 483. The van der Waals surface area contributed by atoms with Gasteiger partial charge in [0, 0.05) is 0 Å². The van der Waals surface area contributed by atoms with Gasteiger partial charge in [0.05, 0.1) is 4.08 Å². The van der Waals surface area contributed by atoms with Crippen molar-refractivity contribution in [2.75, 3.05) is 0 Å². The van der Waals surface area contributed by atoms with Crippen molar-refractivity contribution in [1.29, 1.82) is 0 Å². The maximum atomic E-state index is 9.62. The van der Waals surface area contributed by atoms with Crippen LogP contribution in [-0.4, -0.2) is 9.19 Å². The van der Waals surface area contributed by atoms with Crippen LogP contribution in [0.3, 0.4) is 0 Å². The van der Waals surface area contributed by atoms with Crippen molar-refractivity contribution < 1.29 is 5.11 Å². The Hall–Kier alpha value is -0.280. The van der Waals surface area contributed by atoms with Crippen molar-refractivity contribution in [3.63, 3.8) is 0 Å². The molecule has 1 aromatic rings. The molecule has 18 heavy (non-hydrogen) atoms. The molecule has 3 heteroatoms. The fourth-order valence-electron chi connectivity index (χ4n) is 3.85. The van der Waals surface area contributed by atoms with Gasteiger partial charge < -0.3 is 5.11 Å². The first-order chi connectivity index (χ1) is 8.44. The van der Waals surface area contributed by atoms with E-state index < -0.39 is 0 Å². The molecule has 3 rings (SSSR count). The third-order valence-corrected chi connectivity index (χ3v) is 6.59. The third kappa shape index (κ3) is 1.70. The Morgan fingerprint density at radius 1 is 1.28 bits per heavy atom. The molecule has 2 aliphatic rings. The van der Waals surface area contributed by atoms with E-state index in [1.807, 2.05) is 12.1 Å². The summed E-state index contributed by atoms with van der Waals surface area (Å²) in [7, 11) is 0. The van der Waals surface area contributed by atoms with Crippen LogP contribution in [0.4, 0.5) is 0 Å². The predicted octanol–water partition coefficient (Wildman–Crippen LogP) is 4.17. The summed E-state index contributed by atoms with van der Waals surface area (Å²) in [5.74, 6) is 0.918. The van der Waals surface area contributed by atoms with Crippen LogP contribution in [-0.2, 0) is 6.42 Å². The molecule has 0 radical (unpaired) electrons. The van der Waals surface area contributed by atoms with Crippen LogP contribution in [0.15, 0.2) is 18.2 Å². The Morgan fingerprint density at radius 2 is 2.06 bits per heavy atom. The lowest BCUT2D eigenvalue weighted by Crippen LogP contribution is -2.47. The van der Waals surface area contributed by atoms with Gasteiger partial charge in [-0.3, -0.25) is 0 Å². The SMILES string of the molecule is CC12CCc3cc(O)ccc3C1CCCC2(S)S. The molecular formula is C15H20OS2. The second-order valence-electron chi connectivity index (χ2n) is 6.06. The Morgan fingerprint density at radius 3 is 2.83 bits per heavy atom. The minimum Gasteiger partial charge on any atom is -0.508 e. The summed E-state index contributed by atoms with van der Waals surface area (Å²) in [4.78, 5) is 0. The lowest BCUT2D eigenvalue weighted by atomic mass is 9.58. The fourth-order valence-corrected chi connectivity index (χ4v) is 4.70. The molecule has 1 saturated carbocycles. The third-order valence-electron chi connectivity index (χ3n) is 5.12. The van der Waals surface area contributed by atoms with Crippen molar-refractivity contribution in [3.8, 4) is 5.75 Å². The molecule has 0 saturated heterocycles. The van der Waals surface area contributed by atoms with Gasteiger partial charge in [-0.2, -0.15) is 25.3 Å². The van der Waals surface area contributed by atoms with Gasteiger partial charge in [-0.25, -0.2) is 0 Å². The van der Waals surface area contributed by atoms with Crippen LogP contribution < -0.4 is 0 Å². The summed E-state index contributed by atoms with van der Waals surface area (Å²) >= 11 is 9.71. The van der Waals surface area contributed by atoms with Crippen LogP contribution in [0, 0.1) is 5.41 Å². The van der Waals surface area contributed by atoms with Crippen molar-refractivity contribution in [2.24, 2.45) is 5.41 Å². The van der Waals surface area contributed by atoms with Gasteiger partial charge in [0.25, 0.3) is 0 Å². The zero-order valence-electron chi connectivity index (χ0n) is 10.7. The molecule has 1 N–H and O–H groups in total. The zero-order chi connectivity index (χ0) is 13.0. The average Bonchev–Trinajstić information content (AvgIpc) is 2.31. The predicted molar refractivity (Wildman–Crippen MR) is 81.8 cm³/mol. The number of phenols is 1. The van der Waals surface area contributed by atoms with Crippen LogP contribution >= 0.6 is 25.3 Å². The van der Waals surface area contributed by atoms with Crippen molar-refractivity contribution in [2.45, 2.75) is 49.0 Å². The van der Waals surface area contributed by atoms with Gasteiger partial charge in [0.1, 0.15) is 5.75 Å². The summed E-state index contributed by atoms with van der Waals surface area (Å²) in [6.07, 6.45) is 5.63. The minimum absolute atomic E-state index is 0.154. The van der Waals surface area contributed by atoms with Crippen molar-refractivity contribution in [1.82, 2.24) is 0 Å². The van der Waals surface area contributed by atoms with Crippen molar-refractivity contribution >= 4 is 25.3 Å². The van der Waals surface area contributed by atoms with Gasteiger partial charge in [0.15, 0.2) is 0 Å². The molecule has 0 aliphatic heterocycles. The summed E-state index contributed by atoms with van der Waals surface area (Å²) in [6.45, 7) is 2.34. The highest BCUT2D eigenvalue weighted by Crippen LogP contribution is 2.62. The smallest absolute Gasteiger partial charge is 0.115 e. The number of fused-ring (bicyclic) bond motifs is 3. The number of rotatable bonds is 0. The van der Waals surface area contributed by atoms with Gasteiger partial charge in [-0.1, -0.05) is 19.4 Å². The highest BCUT2D eigenvalue weighted by Gasteiger charge is 2.52. The van der Waals surface area contributed by atoms with E-state index in [4.69, 9.17) is 25.3 Å². The summed E-state index contributed by atoms with van der Waals surface area (Å²) in [6, 6.07) is 5.86. The summed E-state index contributed by atoms with van der Waals surface area (Å²) < 4.78 is -0.175. The van der Waals surface area contributed by atoms with E-state index in [-0.39, 0.29) is 9.49 Å². The van der Waals surface area contributed by atoms with Gasteiger partial charge in [-0.05, 0) is 60.3 Å². The molecule has 2 unspecified atom stereocenters. The molecule has 0 amide bonds. The van der Waals surface area contributed by atoms with Gasteiger partial charge >= 0.3 is 0 Å². The zero-order valence-corrected chi connectivity index (χ0v) is 12.5. The first kappa shape index (κ1) is 12.7. The second-order valence-corrected chi connectivity index (χ2v) is 7.94. The molecule has 98 valence electrons. The number of thiol groups is 2. The quantitative estimate of drug-likeness (QED) is 0.481. The van der Waals surface area contributed by atoms with E-state index in [0.717, 1.165) is 19.3 Å². The van der Waals surface area contributed by atoms with Gasteiger partial charge in [0.2, 0.25) is 0 Å². The molecule has 1 aromatic carbocycles. The molecule has 0 aromatic heterocycles. The van der Waals surface area contributed by atoms with E-state index in [2.05, 4.69) is 13.0 Å². The van der Waals surface area contributed by atoms with E-state index >= 15 is 0 Å². The molecule has 2 atom stereocenters. The number of hydrogen-bond donors (Lipinski definition) is 3. The maximum Gasteiger partial charge on any atom is 0.115 e. The normalized spacial score (nSPS) is 33.6. The Kier molecular flexibility index (Phi) is 2.91. The highest BCUT2D eigenvalue weighted by atomic mass is 32.2. The fraction of sp³-hybridized carbons (Fsp3) is 0.600. The number of hydrogen-bond acceptors (Lipinski definition) is 3. The molecule has 0 bridgehead atoms. The largest absolute Gasteiger partial charge is 0.508 e. The number of phenolic OH excluding ortho intramolecular Hbond substituents is 1. The van der Waals surface area contributed by atoms with E-state index in [9.17, 15) is 5.11 Å². The van der Waals surface area contributed by atoms with Gasteiger partial charge in [-0.15, -0.1) is 0 Å². The molecule has 0 heterocycles. The minimum atomic E-state index is -0.175. The van der Waals surface area contributed by atoms with E-state index in [0.29, 0.717) is 11.7 Å². The van der Waals surface area contributed by atoms with Crippen LogP contribution in [0.2, 0.25) is 0 Å². The van der Waals surface area contributed by atoms with E-state index in [1.165, 1.54) is 24.0 Å². The first-order valence-electron chi connectivity index (χ1n) is 6.71. The molecular weight excluding hydrogens is 260 g/mol. The summed E-state index contributed by atoms with van der Waals surface area (Å²) in [5, 5.41) is 9.62. The first-order valence-corrected chi connectivity index (χ1v) is 7.60. The Labute approximate surface area is 120 Å². The number of aromatic hydroxyl groups is 1. The molecule has 1 fully saturated rings. The monoisotopic (exact) mass is 280 g/mol. The number of benzene rings is 1. The topological polar surface area (TPSA) is 20.2 Å². The average molecular weight is 280 g/mol. The second kappa shape index (κ2) is 4.11. The lowest BCUT2D eigenvalue weighted by molar-refractivity contribution is 0.143. The standard InChI is InChI=1S/C15H20OS2/c1-14-8-6-10-9-11(16)4-5-12(10)13(14)3-2-7-15(14,17)18/h4-5,9,13,16-18H,2-3,6-8H2,1H3. The lowest BCUT2D eigenvalue weighted by Gasteiger charge is -2.54. The molecule has 2 aliphatic carbocycles. The summed E-state index contributed by atoms with van der Waals surface area (Å²) in [5.41, 5.74) is 2.88. The molecule has 0 spiro atoms. The van der Waals surface area contributed by atoms with Crippen LogP contribution in [0.25, 0.3) is 0 Å². The number of aryl methyl sites for hydroxylation is 1. The highest BCUT2D eigenvalue weighted by molar-refractivity contribution is 8.00. The van der Waals surface area contributed by atoms with Crippen LogP contribution in [0.5, 0.6) is 5.75 Å². The Balaban J connectivity index is 2.09. The maximum absolute atomic E-state index is 9.62. The van der Waals surface area contributed by atoms with Crippen LogP contribution in [0.1, 0.15) is 49.7 Å². The van der Waals surface area contributed by atoms with E-state index in [1.54, 1.807) is 0 Å². The van der Waals surface area contributed by atoms with Crippen molar-refractivity contribution in [3.05, 3.63) is 29.3 Å². The molecule has 1 nitrogen and oxygen atoms in total.